The number of rotatable bonds is 2. The van der Waals surface area contributed by atoms with Crippen molar-refractivity contribution in [2.75, 3.05) is 13.1 Å². The minimum atomic E-state index is -2.24. The Hall–Kier alpha value is -0.480. The number of fused-ring (bicyclic) bond motifs is 1. The SMILES string of the molecule is Cc1cc(Br)cc2c1CCN(CC(F)F)C2. The van der Waals surface area contributed by atoms with Gasteiger partial charge in [-0.1, -0.05) is 15.9 Å². The number of hydrogen-bond acceptors (Lipinski definition) is 1. The van der Waals surface area contributed by atoms with Gasteiger partial charge < -0.3 is 0 Å². The van der Waals surface area contributed by atoms with E-state index in [-0.39, 0.29) is 6.54 Å². The van der Waals surface area contributed by atoms with Crippen LogP contribution in [-0.4, -0.2) is 24.4 Å². The maximum Gasteiger partial charge on any atom is 0.251 e. The Balaban J connectivity index is 2.20. The van der Waals surface area contributed by atoms with Crippen molar-refractivity contribution in [2.45, 2.75) is 26.3 Å². The van der Waals surface area contributed by atoms with Crippen molar-refractivity contribution in [3.05, 3.63) is 33.3 Å². The van der Waals surface area contributed by atoms with E-state index in [4.69, 9.17) is 0 Å². The van der Waals surface area contributed by atoms with Crippen molar-refractivity contribution in [2.24, 2.45) is 0 Å². The van der Waals surface area contributed by atoms with Crippen LogP contribution in [-0.2, 0) is 13.0 Å². The van der Waals surface area contributed by atoms with Gasteiger partial charge in [-0.2, -0.15) is 0 Å². The van der Waals surface area contributed by atoms with E-state index < -0.39 is 6.43 Å². The molecule has 1 aromatic rings. The standard InChI is InChI=1S/C12H14BrF2N/c1-8-4-10(13)5-9-6-16(7-12(14)15)3-2-11(8)9/h4-5,12H,2-3,6-7H2,1H3. The van der Waals surface area contributed by atoms with Crippen molar-refractivity contribution in [3.8, 4) is 0 Å². The van der Waals surface area contributed by atoms with Crippen LogP contribution in [0.15, 0.2) is 16.6 Å². The Morgan fingerprint density at radius 3 is 2.88 bits per heavy atom. The van der Waals surface area contributed by atoms with Crippen LogP contribution in [0.25, 0.3) is 0 Å². The van der Waals surface area contributed by atoms with Gasteiger partial charge in [-0.15, -0.1) is 0 Å². The molecule has 16 heavy (non-hydrogen) atoms. The second kappa shape index (κ2) is 4.80. The molecule has 0 aromatic heterocycles. The molecular formula is C12H14BrF2N. The molecule has 0 unspecified atom stereocenters. The Morgan fingerprint density at radius 2 is 2.19 bits per heavy atom. The molecule has 0 atom stereocenters. The highest BCUT2D eigenvalue weighted by Gasteiger charge is 2.20. The Kier molecular flexibility index (Phi) is 3.60. The zero-order valence-corrected chi connectivity index (χ0v) is 10.7. The lowest BCUT2D eigenvalue weighted by Gasteiger charge is -2.29. The van der Waals surface area contributed by atoms with Gasteiger partial charge in [0.2, 0.25) is 0 Å². The van der Waals surface area contributed by atoms with Crippen LogP contribution in [0, 0.1) is 6.92 Å². The molecule has 1 aromatic carbocycles. The summed E-state index contributed by atoms with van der Waals surface area (Å²) in [5.41, 5.74) is 3.76. The lowest BCUT2D eigenvalue weighted by Crippen LogP contribution is -2.34. The number of nitrogens with zero attached hydrogens (tertiary/aromatic N) is 1. The summed E-state index contributed by atoms with van der Waals surface area (Å²) in [6.07, 6.45) is -1.36. The van der Waals surface area contributed by atoms with Crippen LogP contribution in [0.3, 0.4) is 0 Å². The van der Waals surface area contributed by atoms with E-state index in [0.717, 1.165) is 17.4 Å². The highest BCUT2D eigenvalue weighted by Crippen LogP contribution is 2.26. The van der Waals surface area contributed by atoms with Gasteiger partial charge in [0.25, 0.3) is 6.43 Å². The van der Waals surface area contributed by atoms with Crippen LogP contribution >= 0.6 is 15.9 Å². The van der Waals surface area contributed by atoms with Gasteiger partial charge in [0.1, 0.15) is 0 Å². The van der Waals surface area contributed by atoms with E-state index in [1.54, 1.807) is 0 Å². The molecule has 0 aliphatic carbocycles. The fourth-order valence-corrected chi connectivity index (χ4v) is 2.90. The predicted molar refractivity (Wildman–Crippen MR) is 63.9 cm³/mol. The van der Waals surface area contributed by atoms with E-state index >= 15 is 0 Å². The molecule has 0 fully saturated rings. The molecule has 4 heteroatoms. The van der Waals surface area contributed by atoms with Gasteiger partial charge in [0.05, 0.1) is 6.54 Å². The summed E-state index contributed by atoms with van der Waals surface area (Å²) in [6.45, 7) is 3.33. The largest absolute Gasteiger partial charge is 0.293 e. The normalized spacial score (nSPS) is 16.6. The topological polar surface area (TPSA) is 3.24 Å². The predicted octanol–water partition coefficient (Wildman–Crippen LogP) is 3.38. The number of benzene rings is 1. The number of hydrogen-bond donors (Lipinski definition) is 0. The van der Waals surface area contributed by atoms with Crippen molar-refractivity contribution < 1.29 is 8.78 Å². The smallest absolute Gasteiger partial charge is 0.251 e. The molecule has 1 aliphatic rings. The molecule has 1 heterocycles. The first-order chi connectivity index (χ1) is 7.56. The zero-order chi connectivity index (χ0) is 11.7. The lowest BCUT2D eigenvalue weighted by molar-refractivity contribution is 0.0820. The summed E-state index contributed by atoms with van der Waals surface area (Å²) < 4.78 is 25.6. The Bertz CT molecular complexity index is 393. The van der Waals surface area contributed by atoms with Crippen molar-refractivity contribution in [1.82, 2.24) is 4.90 Å². The van der Waals surface area contributed by atoms with E-state index in [1.807, 2.05) is 11.0 Å². The zero-order valence-electron chi connectivity index (χ0n) is 9.14. The number of halogens is 3. The van der Waals surface area contributed by atoms with Crippen LogP contribution in [0.4, 0.5) is 8.78 Å². The number of aryl methyl sites for hydroxylation is 1. The van der Waals surface area contributed by atoms with Crippen molar-refractivity contribution in [3.63, 3.8) is 0 Å². The van der Waals surface area contributed by atoms with Crippen LogP contribution < -0.4 is 0 Å². The fraction of sp³-hybridized carbons (Fsp3) is 0.500. The Morgan fingerprint density at radius 1 is 1.44 bits per heavy atom. The third kappa shape index (κ3) is 2.61. The molecular weight excluding hydrogens is 276 g/mol. The van der Waals surface area contributed by atoms with Gasteiger partial charge in [-0.3, -0.25) is 4.90 Å². The minimum Gasteiger partial charge on any atom is -0.293 e. The maximum atomic E-state index is 12.3. The van der Waals surface area contributed by atoms with E-state index in [9.17, 15) is 8.78 Å². The van der Waals surface area contributed by atoms with Crippen molar-refractivity contribution in [1.29, 1.82) is 0 Å². The van der Waals surface area contributed by atoms with E-state index in [1.165, 1.54) is 16.7 Å². The summed E-state index contributed by atoms with van der Waals surface area (Å²) in [4.78, 5) is 1.82. The molecule has 0 bridgehead atoms. The summed E-state index contributed by atoms with van der Waals surface area (Å²) >= 11 is 3.45. The van der Waals surface area contributed by atoms with Crippen LogP contribution in [0.5, 0.6) is 0 Å². The molecule has 0 amide bonds. The molecule has 2 rings (SSSR count). The second-order valence-corrected chi connectivity index (χ2v) is 5.15. The second-order valence-electron chi connectivity index (χ2n) is 4.24. The van der Waals surface area contributed by atoms with Gasteiger partial charge in [-0.25, -0.2) is 8.78 Å². The molecule has 1 nitrogen and oxygen atoms in total. The quantitative estimate of drug-likeness (QED) is 0.807. The maximum absolute atomic E-state index is 12.3. The average molecular weight is 290 g/mol. The van der Waals surface area contributed by atoms with Crippen LogP contribution in [0.1, 0.15) is 16.7 Å². The van der Waals surface area contributed by atoms with E-state index in [2.05, 4.69) is 28.9 Å². The molecule has 0 saturated heterocycles. The summed E-state index contributed by atoms with van der Waals surface area (Å²) in [5, 5.41) is 0. The summed E-state index contributed by atoms with van der Waals surface area (Å²) in [7, 11) is 0. The first-order valence-electron chi connectivity index (χ1n) is 5.34. The van der Waals surface area contributed by atoms with E-state index in [0.29, 0.717) is 6.54 Å². The van der Waals surface area contributed by atoms with Crippen LogP contribution in [0.2, 0.25) is 0 Å². The lowest BCUT2D eigenvalue weighted by atomic mass is 9.95. The van der Waals surface area contributed by atoms with Crippen molar-refractivity contribution >= 4 is 15.9 Å². The Labute approximate surface area is 103 Å². The highest BCUT2D eigenvalue weighted by molar-refractivity contribution is 9.10. The molecule has 0 saturated carbocycles. The molecule has 88 valence electrons. The fourth-order valence-electron chi connectivity index (χ4n) is 2.28. The number of alkyl halides is 2. The van der Waals surface area contributed by atoms with Gasteiger partial charge in [-0.05, 0) is 42.2 Å². The average Bonchev–Trinajstić information content (AvgIpc) is 2.15. The minimum absolute atomic E-state index is 0.120. The highest BCUT2D eigenvalue weighted by atomic mass is 79.9. The summed E-state index contributed by atoms with van der Waals surface area (Å²) in [5.74, 6) is 0. The first-order valence-corrected chi connectivity index (χ1v) is 6.14. The molecule has 0 N–H and O–H groups in total. The summed E-state index contributed by atoms with van der Waals surface area (Å²) in [6, 6.07) is 4.13. The third-order valence-electron chi connectivity index (χ3n) is 3.00. The van der Waals surface area contributed by atoms with Gasteiger partial charge in [0.15, 0.2) is 0 Å². The third-order valence-corrected chi connectivity index (χ3v) is 3.46. The van der Waals surface area contributed by atoms with Gasteiger partial charge >= 0.3 is 0 Å². The molecule has 1 aliphatic heterocycles. The monoisotopic (exact) mass is 289 g/mol. The molecule has 0 spiro atoms. The van der Waals surface area contributed by atoms with Gasteiger partial charge in [0, 0.05) is 17.6 Å². The molecule has 0 radical (unpaired) electrons. The first kappa shape index (κ1) is 12.0.